The van der Waals surface area contributed by atoms with Gasteiger partial charge in [-0.05, 0) is 5.41 Å². The van der Waals surface area contributed by atoms with Crippen molar-refractivity contribution in [1.29, 1.82) is 0 Å². The second kappa shape index (κ2) is 3.87. The molecule has 0 spiro atoms. The molecule has 0 aromatic carbocycles. The summed E-state index contributed by atoms with van der Waals surface area (Å²) in [7, 11) is 1.85. The largest absolute Gasteiger partial charge is 0.296 e. The Morgan fingerprint density at radius 2 is 2.33 bits per heavy atom. The van der Waals surface area contributed by atoms with Gasteiger partial charge in [0.25, 0.3) is 0 Å². The maximum absolute atomic E-state index is 4.30. The van der Waals surface area contributed by atoms with E-state index in [0.717, 1.165) is 25.3 Å². The summed E-state index contributed by atoms with van der Waals surface area (Å²) >= 11 is 3.74. The molecule has 0 N–H and O–H groups in total. The van der Waals surface area contributed by atoms with Crippen molar-refractivity contribution in [3.8, 4) is 0 Å². The van der Waals surface area contributed by atoms with E-state index in [1.165, 1.54) is 0 Å². The van der Waals surface area contributed by atoms with Crippen molar-refractivity contribution in [2.45, 2.75) is 25.2 Å². The lowest BCUT2D eigenvalue weighted by atomic mass is 9.93. The highest BCUT2D eigenvalue weighted by Gasteiger charge is 2.37. The fourth-order valence-electron chi connectivity index (χ4n) is 2.02. The minimum atomic E-state index is 0.349. The number of hydrogen-bond donors (Lipinski definition) is 0. The van der Waals surface area contributed by atoms with Gasteiger partial charge in [-0.15, -0.1) is 0 Å². The quantitative estimate of drug-likeness (QED) is 0.764. The van der Waals surface area contributed by atoms with Gasteiger partial charge in [-0.1, -0.05) is 29.8 Å². The number of likely N-dealkylation sites (tertiary alicyclic amines) is 1. The molecule has 4 nitrogen and oxygen atoms in total. The Hall–Kier alpha value is -0.420. The van der Waals surface area contributed by atoms with Gasteiger partial charge in [-0.2, -0.15) is 15.0 Å². The Morgan fingerprint density at radius 1 is 1.60 bits per heavy atom. The summed E-state index contributed by atoms with van der Waals surface area (Å²) in [5.41, 5.74) is 1.40. The molecule has 1 aliphatic rings. The van der Waals surface area contributed by atoms with E-state index >= 15 is 0 Å². The molecule has 0 amide bonds. The van der Waals surface area contributed by atoms with E-state index in [2.05, 4.69) is 44.9 Å². The number of halogens is 1. The van der Waals surface area contributed by atoms with Crippen molar-refractivity contribution in [3.05, 3.63) is 11.9 Å². The van der Waals surface area contributed by atoms with Crippen molar-refractivity contribution in [2.75, 3.05) is 13.1 Å². The van der Waals surface area contributed by atoms with Gasteiger partial charge in [0, 0.05) is 31.5 Å². The molecule has 0 radical (unpaired) electrons. The van der Waals surface area contributed by atoms with E-state index in [0.29, 0.717) is 10.2 Å². The highest BCUT2D eigenvalue weighted by atomic mass is 79.9. The number of hydrogen-bond acceptors (Lipinski definition) is 3. The Kier molecular flexibility index (Phi) is 2.85. The number of aromatic nitrogens is 3. The van der Waals surface area contributed by atoms with Crippen LogP contribution in [0.5, 0.6) is 0 Å². The molecule has 1 aromatic heterocycles. The lowest BCUT2D eigenvalue weighted by Gasteiger charge is -2.20. The molecule has 2 rings (SSSR count). The van der Waals surface area contributed by atoms with Crippen LogP contribution >= 0.6 is 15.9 Å². The van der Waals surface area contributed by atoms with Crippen LogP contribution in [-0.4, -0.2) is 37.8 Å². The van der Waals surface area contributed by atoms with Gasteiger partial charge in [0.05, 0.1) is 11.9 Å². The molecule has 1 aliphatic heterocycles. The fourth-order valence-corrected chi connectivity index (χ4v) is 2.58. The van der Waals surface area contributed by atoms with E-state index in [1.807, 2.05) is 13.2 Å². The molecular formula is C10H17BrN4. The van der Waals surface area contributed by atoms with Crippen molar-refractivity contribution < 1.29 is 0 Å². The molecule has 0 aliphatic carbocycles. The van der Waals surface area contributed by atoms with Crippen LogP contribution in [0.1, 0.15) is 19.5 Å². The summed E-state index contributed by atoms with van der Waals surface area (Å²) in [6, 6.07) is 0. The van der Waals surface area contributed by atoms with Crippen LogP contribution in [0.2, 0.25) is 0 Å². The van der Waals surface area contributed by atoms with Gasteiger partial charge in [0.15, 0.2) is 0 Å². The molecule has 15 heavy (non-hydrogen) atoms. The zero-order valence-electron chi connectivity index (χ0n) is 9.44. The second-order valence-electron chi connectivity index (χ2n) is 4.95. The first kappa shape index (κ1) is 11.1. The summed E-state index contributed by atoms with van der Waals surface area (Å²) in [4.78, 5) is 4.60. The van der Waals surface area contributed by atoms with Crippen molar-refractivity contribution in [2.24, 2.45) is 12.5 Å². The number of nitrogens with zero attached hydrogens (tertiary/aromatic N) is 4. The van der Waals surface area contributed by atoms with Gasteiger partial charge < -0.3 is 0 Å². The molecule has 1 saturated heterocycles. The first-order valence-corrected chi connectivity index (χ1v) is 6.10. The summed E-state index contributed by atoms with van der Waals surface area (Å²) in [5, 5.41) is 8.38. The van der Waals surface area contributed by atoms with Crippen molar-refractivity contribution in [1.82, 2.24) is 19.9 Å². The number of alkyl halides is 1. The topological polar surface area (TPSA) is 34.0 Å². The van der Waals surface area contributed by atoms with Crippen LogP contribution in [0, 0.1) is 5.41 Å². The lowest BCUT2D eigenvalue weighted by Crippen LogP contribution is -2.23. The van der Waals surface area contributed by atoms with Gasteiger partial charge in [0.2, 0.25) is 0 Å². The molecule has 1 atom stereocenters. The molecule has 0 bridgehead atoms. The molecule has 84 valence electrons. The van der Waals surface area contributed by atoms with Crippen LogP contribution in [0.4, 0.5) is 0 Å². The normalized spacial score (nSPS) is 26.0. The fraction of sp³-hybridized carbons (Fsp3) is 0.800. The third-order valence-corrected chi connectivity index (χ3v) is 4.46. The molecule has 1 unspecified atom stereocenters. The number of rotatable bonds is 2. The van der Waals surface area contributed by atoms with Crippen LogP contribution in [0.25, 0.3) is 0 Å². The van der Waals surface area contributed by atoms with Crippen molar-refractivity contribution >= 4 is 15.9 Å². The van der Waals surface area contributed by atoms with E-state index in [1.54, 1.807) is 4.80 Å². The third-order valence-electron chi connectivity index (χ3n) is 2.93. The first-order chi connectivity index (χ1) is 6.97. The Labute approximate surface area is 98.8 Å². The van der Waals surface area contributed by atoms with Crippen LogP contribution < -0.4 is 0 Å². The van der Waals surface area contributed by atoms with Gasteiger partial charge >= 0.3 is 0 Å². The highest BCUT2D eigenvalue weighted by Crippen LogP contribution is 2.35. The minimum Gasteiger partial charge on any atom is -0.296 e. The number of aryl methyl sites for hydroxylation is 1. The predicted molar refractivity (Wildman–Crippen MR) is 62.8 cm³/mol. The molecular weight excluding hydrogens is 256 g/mol. The van der Waals surface area contributed by atoms with Gasteiger partial charge in [-0.25, -0.2) is 0 Å². The maximum atomic E-state index is 4.30. The van der Waals surface area contributed by atoms with Crippen molar-refractivity contribution in [3.63, 3.8) is 0 Å². The zero-order valence-corrected chi connectivity index (χ0v) is 11.0. The SMILES string of the molecule is Cn1ncc(CN2CC(Br)C(C)(C)C2)n1. The standard InChI is InChI=1S/C10H17BrN4/c1-10(2)7-15(6-9(10)11)5-8-4-12-14(3)13-8/h4,9H,5-7H2,1-3H3. The Bertz CT molecular complexity index is 347. The average molecular weight is 273 g/mol. The van der Waals surface area contributed by atoms with Gasteiger partial charge in [-0.3, -0.25) is 4.90 Å². The summed E-state index contributed by atoms with van der Waals surface area (Å²) in [5.74, 6) is 0. The Balaban J connectivity index is 1.98. The van der Waals surface area contributed by atoms with Crippen LogP contribution in [0.3, 0.4) is 0 Å². The van der Waals surface area contributed by atoms with Crippen LogP contribution in [0.15, 0.2) is 6.20 Å². The highest BCUT2D eigenvalue weighted by molar-refractivity contribution is 9.09. The molecule has 1 fully saturated rings. The minimum absolute atomic E-state index is 0.349. The lowest BCUT2D eigenvalue weighted by molar-refractivity contribution is 0.281. The third kappa shape index (κ3) is 2.39. The summed E-state index contributed by atoms with van der Waals surface area (Å²) in [6.45, 7) is 7.69. The van der Waals surface area contributed by atoms with E-state index in [9.17, 15) is 0 Å². The van der Waals surface area contributed by atoms with E-state index < -0.39 is 0 Å². The molecule has 1 aromatic rings. The summed E-state index contributed by atoms with van der Waals surface area (Å²) in [6.07, 6.45) is 1.84. The van der Waals surface area contributed by atoms with Crippen LogP contribution in [-0.2, 0) is 13.6 Å². The first-order valence-electron chi connectivity index (χ1n) is 5.19. The average Bonchev–Trinajstić information content (AvgIpc) is 2.59. The second-order valence-corrected chi connectivity index (χ2v) is 6.06. The molecule has 0 saturated carbocycles. The summed E-state index contributed by atoms with van der Waals surface area (Å²) < 4.78 is 0. The monoisotopic (exact) mass is 272 g/mol. The predicted octanol–water partition coefficient (Wildman–Crippen LogP) is 1.42. The van der Waals surface area contributed by atoms with E-state index in [-0.39, 0.29) is 0 Å². The molecule has 2 heterocycles. The van der Waals surface area contributed by atoms with Gasteiger partial charge in [0.1, 0.15) is 0 Å². The van der Waals surface area contributed by atoms with E-state index in [4.69, 9.17) is 0 Å². The smallest absolute Gasteiger partial charge is 0.0967 e. The molecule has 5 heteroatoms. The Morgan fingerprint density at radius 3 is 2.80 bits per heavy atom. The zero-order chi connectivity index (χ0) is 11.1. The maximum Gasteiger partial charge on any atom is 0.0967 e.